The molecule has 4 aromatic carbocycles. The van der Waals surface area contributed by atoms with E-state index in [0.29, 0.717) is 0 Å². The van der Waals surface area contributed by atoms with Gasteiger partial charge in [-0.05, 0) is 105 Å². The minimum Gasteiger partial charge on any atom is -0.323 e. The average Bonchev–Trinajstić information content (AvgIpc) is 3.81. The Morgan fingerprint density at radius 2 is 1.20 bits per heavy atom. The number of aryl methyl sites for hydroxylation is 1. The number of nitrogens with zero attached hydrogens (tertiary/aromatic N) is 2. The van der Waals surface area contributed by atoms with Gasteiger partial charge in [-0.15, -0.1) is 0 Å². The summed E-state index contributed by atoms with van der Waals surface area (Å²) < 4.78 is 4.54. The predicted octanol–water partition coefficient (Wildman–Crippen LogP) is 15.1. The number of hydrogen-bond donors (Lipinski definition) is 0. The molecule has 0 aliphatic heterocycles. The molecule has 0 fully saturated rings. The van der Waals surface area contributed by atoms with E-state index in [-0.39, 0.29) is 0 Å². The normalized spacial score (nSPS) is 12.6. The maximum Gasteiger partial charge on any atom is 0.0453 e. The van der Waals surface area contributed by atoms with Crippen LogP contribution in [-0.2, 0) is 6.42 Å². The van der Waals surface area contributed by atoms with Crippen LogP contribution in [-0.4, -0.2) is 9.13 Å². The van der Waals surface area contributed by atoms with Gasteiger partial charge in [-0.25, -0.2) is 0 Å². The van der Waals surface area contributed by atoms with Crippen LogP contribution >= 0.6 is 0 Å². The van der Waals surface area contributed by atoms with E-state index < -0.39 is 0 Å². The van der Waals surface area contributed by atoms with Crippen LogP contribution in [0.25, 0.3) is 51.9 Å². The van der Waals surface area contributed by atoms with Crippen molar-refractivity contribution in [2.24, 2.45) is 0 Å². The zero-order valence-corrected chi connectivity index (χ0v) is 33.5. The van der Waals surface area contributed by atoms with Gasteiger partial charge < -0.3 is 9.13 Å². The fraction of sp³-hybridized carbons (Fsp3) is 0.170. The molecule has 55 heavy (non-hydrogen) atoms. The maximum atomic E-state index is 2.36. The highest BCUT2D eigenvalue weighted by Crippen LogP contribution is 2.30. The minimum atomic E-state index is 1.01. The van der Waals surface area contributed by atoms with Crippen LogP contribution in [0.1, 0.15) is 75.4 Å². The molecule has 2 heteroatoms. The Balaban J connectivity index is 0.000000208. The molecule has 7 rings (SSSR count). The molecule has 0 N–H and O–H groups in total. The van der Waals surface area contributed by atoms with Crippen molar-refractivity contribution in [2.75, 3.05) is 0 Å². The number of aromatic nitrogens is 2. The Hall–Kier alpha value is -6.12. The van der Waals surface area contributed by atoms with E-state index in [1.165, 1.54) is 67.1 Å². The molecule has 1 aliphatic rings. The molecule has 0 saturated heterocycles. The molecular weight excluding hydrogens is 665 g/mol. The number of rotatable bonds is 10. The summed E-state index contributed by atoms with van der Waals surface area (Å²) in [6, 6.07) is 38.6. The second kappa shape index (κ2) is 20.9. The molecule has 2 heterocycles. The van der Waals surface area contributed by atoms with Gasteiger partial charge in [-0.3, -0.25) is 0 Å². The van der Waals surface area contributed by atoms with Gasteiger partial charge in [0.1, 0.15) is 0 Å². The lowest BCUT2D eigenvalue weighted by Crippen LogP contribution is -2.02. The zero-order chi connectivity index (χ0) is 38.8. The highest BCUT2D eigenvalue weighted by atomic mass is 15.0. The van der Waals surface area contributed by atoms with E-state index in [0.717, 1.165) is 19.3 Å². The van der Waals surface area contributed by atoms with Crippen molar-refractivity contribution in [2.45, 2.75) is 60.8 Å². The van der Waals surface area contributed by atoms with Crippen LogP contribution < -0.4 is 0 Å². The summed E-state index contributed by atoms with van der Waals surface area (Å²) in [7, 11) is 0. The molecule has 0 radical (unpaired) electrons. The van der Waals surface area contributed by atoms with Crippen LogP contribution in [0.3, 0.4) is 0 Å². The van der Waals surface area contributed by atoms with Crippen molar-refractivity contribution in [3.05, 3.63) is 210 Å². The molecule has 1 aliphatic carbocycles. The highest BCUT2D eigenvalue weighted by Gasteiger charge is 2.15. The van der Waals surface area contributed by atoms with Crippen molar-refractivity contribution < 1.29 is 0 Å². The van der Waals surface area contributed by atoms with Gasteiger partial charge in [0.2, 0.25) is 0 Å². The van der Waals surface area contributed by atoms with Crippen molar-refractivity contribution in [1.29, 1.82) is 0 Å². The van der Waals surface area contributed by atoms with Crippen molar-refractivity contribution in [1.82, 2.24) is 9.13 Å². The monoisotopic (exact) mass is 720 g/mol. The molecule has 0 unspecified atom stereocenters. The quantitative estimate of drug-likeness (QED) is 0.0985. The molecular formula is C53H56N2. The summed E-state index contributed by atoms with van der Waals surface area (Å²) in [4.78, 5) is 0. The number of allylic oxidation sites excluding steroid dienone is 9. The van der Waals surface area contributed by atoms with E-state index >= 15 is 0 Å². The summed E-state index contributed by atoms with van der Waals surface area (Å²) in [5.41, 5.74) is 15.3. The first-order chi connectivity index (χ1) is 27.0. The molecule has 0 atom stereocenters. The van der Waals surface area contributed by atoms with Gasteiger partial charge in [0.05, 0.1) is 0 Å². The van der Waals surface area contributed by atoms with Crippen molar-refractivity contribution >= 4 is 18.2 Å². The Kier molecular flexibility index (Phi) is 15.3. The fourth-order valence-electron chi connectivity index (χ4n) is 6.57. The second-order valence-corrected chi connectivity index (χ2v) is 13.4. The van der Waals surface area contributed by atoms with Gasteiger partial charge in [0, 0.05) is 46.8 Å². The van der Waals surface area contributed by atoms with Crippen LogP contribution in [0.2, 0.25) is 0 Å². The van der Waals surface area contributed by atoms with Crippen LogP contribution in [0, 0.1) is 6.92 Å². The van der Waals surface area contributed by atoms with Crippen LogP contribution in [0.15, 0.2) is 182 Å². The molecule has 2 nitrogen and oxygen atoms in total. The first kappa shape index (κ1) is 40.1. The second-order valence-electron chi connectivity index (χ2n) is 13.4. The lowest BCUT2D eigenvalue weighted by atomic mass is 10.0. The predicted molar refractivity (Wildman–Crippen MR) is 242 cm³/mol. The Bertz CT molecular complexity index is 2250. The lowest BCUT2D eigenvalue weighted by Gasteiger charge is -2.13. The van der Waals surface area contributed by atoms with Gasteiger partial charge in [0.15, 0.2) is 0 Å². The minimum absolute atomic E-state index is 1.01. The van der Waals surface area contributed by atoms with Gasteiger partial charge in [-0.2, -0.15) is 0 Å². The highest BCUT2D eigenvalue weighted by molar-refractivity contribution is 5.71. The summed E-state index contributed by atoms with van der Waals surface area (Å²) in [6.07, 6.45) is 33.6. The third-order valence-corrected chi connectivity index (χ3v) is 9.52. The van der Waals surface area contributed by atoms with E-state index in [1.807, 2.05) is 39.0 Å². The Labute approximate surface area is 330 Å². The first-order valence-corrected chi connectivity index (χ1v) is 19.7. The molecule has 278 valence electrons. The summed E-state index contributed by atoms with van der Waals surface area (Å²) in [6.45, 7) is 12.4. The maximum absolute atomic E-state index is 2.36. The molecule has 0 saturated carbocycles. The third-order valence-electron chi connectivity index (χ3n) is 9.52. The third kappa shape index (κ3) is 11.0. The lowest BCUT2D eigenvalue weighted by molar-refractivity contribution is 0.875. The van der Waals surface area contributed by atoms with E-state index in [9.17, 15) is 0 Å². The number of hydrogen-bond acceptors (Lipinski definition) is 0. The standard InChI is InChI=1S/C29H29N.C22H21N.C2H6/c1-3-4-11-23(2)12-10-15-26-22-30(29-17-9-8-16-28(26)29)27-20-18-25(19-21-27)24-13-6-5-7-14-24;1-3-4-6-11-21-17-23(16-18(21)2)22-14-12-20(13-15-22)19-9-7-5-8-10-19;1-2/h3-8,10,12-16,18-22H,9,11,17H2,1-2H3;3-17H,1-2H3;1-2H3/b4-3-,15-10-,23-12+;4-3-,11-6-;. The Morgan fingerprint density at radius 3 is 1.80 bits per heavy atom. The molecule has 2 aromatic heterocycles. The molecule has 0 amide bonds. The SMILES string of the molecule is C/C=C\C/C(C)=C/C=C\c1cn(-c2ccc(-c3ccccc3)cc2)c2c1C=CCC2.C/C=C\C=C/c1cn(-c2ccc(-c3ccccc3)cc2)cc1C.CC. The summed E-state index contributed by atoms with van der Waals surface area (Å²) in [5, 5.41) is 0. The Morgan fingerprint density at radius 1 is 0.618 bits per heavy atom. The van der Waals surface area contributed by atoms with Crippen LogP contribution in [0.5, 0.6) is 0 Å². The largest absolute Gasteiger partial charge is 0.323 e. The zero-order valence-electron chi connectivity index (χ0n) is 33.5. The average molecular weight is 721 g/mol. The van der Waals surface area contributed by atoms with E-state index in [2.05, 4.69) is 206 Å². The number of benzene rings is 4. The fourth-order valence-corrected chi connectivity index (χ4v) is 6.57. The number of fused-ring (bicyclic) bond motifs is 1. The smallest absolute Gasteiger partial charge is 0.0453 e. The summed E-state index contributed by atoms with van der Waals surface area (Å²) in [5.74, 6) is 0. The van der Waals surface area contributed by atoms with Gasteiger partial charge >= 0.3 is 0 Å². The van der Waals surface area contributed by atoms with Crippen molar-refractivity contribution in [3.8, 4) is 33.6 Å². The molecule has 0 bridgehead atoms. The van der Waals surface area contributed by atoms with Crippen LogP contribution in [0.4, 0.5) is 0 Å². The van der Waals surface area contributed by atoms with E-state index in [4.69, 9.17) is 0 Å². The van der Waals surface area contributed by atoms with Gasteiger partial charge in [0.25, 0.3) is 0 Å². The molecule has 0 spiro atoms. The first-order valence-electron chi connectivity index (χ1n) is 19.7. The van der Waals surface area contributed by atoms with E-state index in [1.54, 1.807) is 0 Å². The van der Waals surface area contributed by atoms with Gasteiger partial charge in [-0.1, -0.05) is 171 Å². The summed E-state index contributed by atoms with van der Waals surface area (Å²) >= 11 is 0. The topological polar surface area (TPSA) is 9.86 Å². The van der Waals surface area contributed by atoms with Crippen molar-refractivity contribution in [3.63, 3.8) is 0 Å². The molecule has 6 aromatic rings.